The summed E-state index contributed by atoms with van der Waals surface area (Å²) in [6.07, 6.45) is 3.12. The van der Waals surface area contributed by atoms with Crippen molar-refractivity contribution in [3.63, 3.8) is 0 Å². The van der Waals surface area contributed by atoms with E-state index in [1.165, 1.54) is 5.56 Å². The van der Waals surface area contributed by atoms with Crippen molar-refractivity contribution in [1.82, 2.24) is 0 Å². The molecular formula is C18H16ClNO. The summed E-state index contributed by atoms with van der Waals surface area (Å²) in [5, 5.41) is 3.99. The molecule has 3 heteroatoms. The topological polar surface area (TPSA) is 29.1 Å². The summed E-state index contributed by atoms with van der Waals surface area (Å²) in [7, 11) is 0. The number of benzene rings is 2. The Hall–Kier alpha value is -2.06. The van der Waals surface area contributed by atoms with E-state index in [2.05, 4.69) is 17.4 Å². The van der Waals surface area contributed by atoms with Crippen LogP contribution in [0.5, 0.6) is 0 Å². The SMILES string of the molecule is O=C1C=C(Nc2cccc(Cl)c2)CC(c2ccccc2)C1. The number of halogens is 1. The minimum atomic E-state index is 0.166. The number of carbonyl (C=O) groups excluding carboxylic acids is 1. The van der Waals surface area contributed by atoms with Gasteiger partial charge in [-0.15, -0.1) is 0 Å². The summed E-state index contributed by atoms with van der Waals surface area (Å²) in [6, 6.07) is 17.7. The monoisotopic (exact) mass is 297 g/mol. The highest BCUT2D eigenvalue weighted by molar-refractivity contribution is 6.30. The molecule has 0 bridgehead atoms. The second kappa shape index (κ2) is 6.15. The van der Waals surface area contributed by atoms with Gasteiger partial charge in [0.15, 0.2) is 5.78 Å². The van der Waals surface area contributed by atoms with Crippen molar-refractivity contribution in [3.8, 4) is 0 Å². The van der Waals surface area contributed by atoms with E-state index in [9.17, 15) is 4.79 Å². The number of carbonyl (C=O) groups is 1. The lowest BCUT2D eigenvalue weighted by Crippen LogP contribution is -2.16. The molecule has 0 amide bonds. The molecule has 0 spiro atoms. The van der Waals surface area contributed by atoms with Crippen LogP contribution in [0.15, 0.2) is 66.4 Å². The maximum atomic E-state index is 12.0. The van der Waals surface area contributed by atoms with E-state index in [0.717, 1.165) is 17.8 Å². The van der Waals surface area contributed by atoms with Gasteiger partial charge in [0.05, 0.1) is 0 Å². The number of allylic oxidation sites excluding steroid dienone is 2. The van der Waals surface area contributed by atoms with Crippen LogP contribution in [0.3, 0.4) is 0 Å². The summed E-state index contributed by atoms with van der Waals surface area (Å²) < 4.78 is 0. The molecule has 0 saturated carbocycles. The van der Waals surface area contributed by atoms with Crippen molar-refractivity contribution in [2.75, 3.05) is 5.32 Å². The van der Waals surface area contributed by atoms with Crippen molar-refractivity contribution in [2.45, 2.75) is 18.8 Å². The Kier molecular flexibility index (Phi) is 4.07. The summed E-state index contributed by atoms with van der Waals surface area (Å²) in [5.74, 6) is 0.407. The average Bonchev–Trinajstić information content (AvgIpc) is 2.47. The van der Waals surface area contributed by atoms with Gasteiger partial charge in [0.2, 0.25) is 0 Å². The van der Waals surface area contributed by atoms with Crippen molar-refractivity contribution >= 4 is 23.1 Å². The van der Waals surface area contributed by atoms with Gasteiger partial charge in [0.1, 0.15) is 0 Å². The largest absolute Gasteiger partial charge is 0.359 e. The highest BCUT2D eigenvalue weighted by atomic mass is 35.5. The lowest BCUT2D eigenvalue weighted by Gasteiger charge is -2.23. The minimum Gasteiger partial charge on any atom is -0.359 e. The molecule has 1 unspecified atom stereocenters. The third-order valence-electron chi connectivity index (χ3n) is 3.65. The summed E-state index contributed by atoms with van der Waals surface area (Å²) in [5.41, 5.74) is 3.07. The molecule has 1 aliphatic carbocycles. The van der Waals surface area contributed by atoms with Gasteiger partial charge < -0.3 is 5.32 Å². The Morgan fingerprint density at radius 2 is 1.81 bits per heavy atom. The van der Waals surface area contributed by atoms with Gasteiger partial charge in [-0.2, -0.15) is 0 Å². The molecule has 21 heavy (non-hydrogen) atoms. The first kappa shape index (κ1) is 13.9. The van der Waals surface area contributed by atoms with Crippen molar-refractivity contribution < 1.29 is 4.79 Å². The zero-order chi connectivity index (χ0) is 14.7. The van der Waals surface area contributed by atoms with Crippen molar-refractivity contribution in [3.05, 3.63) is 77.0 Å². The molecule has 0 saturated heterocycles. The zero-order valence-electron chi connectivity index (χ0n) is 11.6. The van der Waals surface area contributed by atoms with Crippen LogP contribution in [0.1, 0.15) is 24.3 Å². The number of anilines is 1. The van der Waals surface area contributed by atoms with E-state index in [1.54, 1.807) is 6.08 Å². The molecule has 1 atom stereocenters. The maximum absolute atomic E-state index is 12.0. The van der Waals surface area contributed by atoms with Gasteiger partial charge in [-0.1, -0.05) is 48.0 Å². The second-order valence-electron chi connectivity index (χ2n) is 5.29. The molecule has 0 aromatic heterocycles. The molecule has 1 aliphatic rings. The molecule has 1 N–H and O–H groups in total. The average molecular weight is 298 g/mol. The molecule has 2 aromatic rings. The first-order chi connectivity index (χ1) is 10.2. The maximum Gasteiger partial charge on any atom is 0.158 e. The first-order valence-electron chi connectivity index (χ1n) is 7.01. The number of hydrogen-bond donors (Lipinski definition) is 1. The Morgan fingerprint density at radius 3 is 2.57 bits per heavy atom. The van der Waals surface area contributed by atoms with Crippen LogP contribution in [0, 0.1) is 0 Å². The highest BCUT2D eigenvalue weighted by Gasteiger charge is 2.22. The van der Waals surface area contributed by atoms with E-state index in [0.29, 0.717) is 11.4 Å². The fraction of sp³-hybridized carbons (Fsp3) is 0.167. The molecule has 0 radical (unpaired) electrons. The van der Waals surface area contributed by atoms with Gasteiger partial charge in [-0.3, -0.25) is 4.79 Å². The fourth-order valence-electron chi connectivity index (χ4n) is 2.69. The van der Waals surface area contributed by atoms with Gasteiger partial charge >= 0.3 is 0 Å². The Balaban J connectivity index is 1.78. The molecule has 0 fully saturated rings. The van der Waals surface area contributed by atoms with Crippen LogP contribution in [0.25, 0.3) is 0 Å². The lowest BCUT2D eigenvalue weighted by atomic mass is 9.85. The second-order valence-corrected chi connectivity index (χ2v) is 5.72. The van der Waals surface area contributed by atoms with Crippen LogP contribution < -0.4 is 5.32 Å². The number of nitrogens with one attached hydrogen (secondary N) is 1. The van der Waals surface area contributed by atoms with Crippen LogP contribution in [-0.2, 0) is 4.79 Å². The molecule has 0 aliphatic heterocycles. The number of rotatable bonds is 3. The van der Waals surface area contributed by atoms with Gasteiger partial charge in [-0.05, 0) is 36.1 Å². The van der Waals surface area contributed by atoms with Crippen LogP contribution in [-0.4, -0.2) is 5.78 Å². The van der Waals surface area contributed by atoms with Crippen LogP contribution in [0.4, 0.5) is 5.69 Å². The number of hydrogen-bond acceptors (Lipinski definition) is 2. The third kappa shape index (κ3) is 3.53. The van der Waals surface area contributed by atoms with E-state index >= 15 is 0 Å². The van der Waals surface area contributed by atoms with Crippen molar-refractivity contribution in [1.29, 1.82) is 0 Å². The Morgan fingerprint density at radius 1 is 1.00 bits per heavy atom. The highest BCUT2D eigenvalue weighted by Crippen LogP contribution is 2.32. The molecule has 3 rings (SSSR count). The Bertz CT molecular complexity index is 679. The quantitative estimate of drug-likeness (QED) is 0.883. The van der Waals surface area contributed by atoms with Crippen molar-refractivity contribution in [2.24, 2.45) is 0 Å². The number of ketones is 1. The van der Waals surface area contributed by atoms with E-state index in [-0.39, 0.29) is 11.7 Å². The molecule has 2 aromatic carbocycles. The smallest absolute Gasteiger partial charge is 0.158 e. The predicted molar refractivity (Wildman–Crippen MR) is 86.6 cm³/mol. The first-order valence-corrected chi connectivity index (χ1v) is 7.39. The minimum absolute atomic E-state index is 0.166. The fourth-order valence-corrected chi connectivity index (χ4v) is 2.88. The summed E-state index contributed by atoms with van der Waals surface area (Å²) >= 11 is 5.99. The zero-order valence-corrected chi connectivity index (χ0v) is 12.3. The van der Waals surface area contributed by atoms with Gasteiger partial charge in [0.25, 0.3) is 0 Å². The Labute approximate surface area is 129 Å². The molecule has 0 heterocycles. The predicted octanol–water partition coefficient (Wildman–Crippen LogP) is 4.78. The van der Waals surface area contributed by atoms with Crippen LogP contribution >= 0.6 is 11.6 Å². The van der Waals surface area contributed by atoms with Crippen LogP contribution in [0.2, 0.25) is 5.02 Å². The van der Waals surface area contributed by atoms with E-state index in [1.807, 2.05) is 42.5 Å². The lowest BCUT2D eigenvalue weighted by molar-refractivity contribution is -0.115. The third-order valence-corrected chi connectivity index (χ3v) is 3.88. The molecule has 106 valence electrons. The van der Waals surface area contributed by atoms with Gasteiger partial charge in [0, 0.05) is 28.9 Å². The normalized spacial score (nSPS) is 18.2. The standard InChI is InChI=1S/C18H16ClNO/c19-15-7-4-8-16(11-15)20-17-9-14(10-18(21)12-17)13-5-2-1-3-6-13/h1-8,11-12,14,20H,9-10H2. The molecular weight excluding hydrogens is 282 g/mol. The molecule has 2 nitrogen and oxygen atoms in total. The van der Waals surface area contributed by atoms with E-state index < -0.39 is 0 Å². The summed E-state index contributed by atoms with van der Waals surface area (Å²) in [4.78, 5) is 12.0. The van der Waals surface area contributed by atoms with Gasteiger partial charge in [-0.25, -0.2) is 0 Å². The summed E-state index contributed by atoms with van der Waals surface area (Å²) in [6.45, 7) is 0. The van der Waals surface area contributed by atoms with E-state index in [4.69, 9.17) is 11.6 Å².